The van der Waals surface area contributed by atoms with Crippen LogP contribution < -0.4 is 10.4 Å². The van der Waals surface area contributed by atoms with Crippen molar-refractivity contribution in [2.45, 2.75) is 23.9 Å². The minimum atomic E-state index is -3.03. The molecule has 2 aliphatic heterocycles. The third-order valence-electron chi connectivity index (χ3n) is 10.5. The van der Waals surface area contributed by atoms with Gasteiger partial charge < -0.3 is 0 Å². The van der Waals surface area contributed by atoms with Crippen LogP contribution in [-0.2, 0) is 10.1 Å². The van der Waals surface area contributed by atoms with Gasteiger partial charge in [0.1, 0.15) is 0 Å². The van der Waals surface area contributed by atoms with Crippen molar-refractivity contribution in [3.63, 3.8) is 0 Å². The van der Waals surface area contributed by atoms with E-state index in [9.17, 15) is 0 Å². The van der Waals surface area contributed by atoms with Crippen LogP contribution in [0.25, 0.3) is 11.1 Å². The molecule has 0 fully saturated rings. The molecule has 0 nitrogen and oxygen atoms in total. The fourth-order valence-electron chi connectivity index (χ4n) is 9.00. The fourth-order valence-corrected chi connectivity index (χ4v) is 16.8. The van der Waals surface area contributed by atoms with Gasteiger partial charge in [0.2, 0.25) is 0 Å². The lowest BCUT2D eigenvalue weighted by Crippen LogP contribution is -2.76. The Kier molecular flexibility index (Phi) is 6.48. The highest BCUT2D eigenvalue weighted by molar-refractivity contribution is 7.11. The summed E-state index contributed by atoms with van der Waals surface area (Å²) in [6.07, 6.45) is 5.27. The summed E-state index contributed by atoms with van der Waals surface area (Å²) < 4.78 is 0. The molecule has 0 aliphatic carbocycles. The maximum atomic E-state index is 2.63. The van der Waals surface area contributed by atoms with Gasteiger partial charge in [-0.3, -0.25) is 0 Å². The molecule has 2 aliphatic rings. The Hall–Kier alpha value is -4.98. The Morgan fingerprint density at radius 2 is 0.667 bits per heavy atom. The minimum absolute atomic E-state index is 0.394. The number of fused-ring (bicyclic) bond motifs is 2. The number of hydrogen-bond acceptors (Lipinski definition) is 0. The summed E-state index contributed by atoms with van der Waals surface area (Å²) in [5.74, 6) is 0. The zero-order valence-electron chi connectivity index (χ0n) is 25.8. The first kappa shape index (κ1) is 27.6. The third kappa shape index (κ3) is 3.59. The standard InChI is InChI=1S/C44H36Si/c1-33-19-15-17-29-39(33)45(40-30-18-16-20-34(40)2)43(37-25-11-5-12-26-37)31-32-44(45,38-27-13-6-14-28-38)42(36-23-9-4-10-24-36)41(43)35-21-7-3-8-22-35/h3-32H,1-2H3. The molecule has 216 valence electrons. The van der Waals surface area contributed by atoms with E-state index in [1.807, 2.05) is 0 Å². The van der Waals surface area contributed by atoms with Crippen LogP contribution in [0.4, 0.5) is 0 Å². The van der Waals surface area contributed by atoms with Gasteiger partial charge in [0.05, 0.1) is 0 Å². The molecule has 0 saturated heterocycles. The summed E-state index contributed by atoms with van der Waals surface area (Å²) in [5, 5.41) is 2.21. The molecule has 0 N–H and O–H groups in total. The van der Waals surface area contributed by atoms with E-state index in [0.29, 0.717) is 0 Å². The van der Waals surface area contributed by atoms with Crippen molar-refractivity contribution in [3.05, 3.63) is 215 Å². The lowest BCUT2D eigenvalue weighted by atomic mass is 9.72. The lowest BCUT2D eigenvalue weighted by molar-refractivity contribution is 0.954. The second kappa shape index (κ2) is 10.6. The van der Waals surface area contributed by atoms with E-state index in [4.69, 9.17) is 0 Å². The summed E-state index contributed by atoms with van der Waals surface area (Å²) in [5.41, 5.74) is 10.9. The number of aryl methyl sites for hydroxylation is 2. The molecule has 6 aromatic rings. The summed E-state index contributed by atoms with van der Waals surface area (Å²) in [4.78, 5) is 0. The average Bonchev–Trinajstić information content (AvgIpc) is 3.54. The molecule has 2 bridgehead atoms. The molecular weight excluding hydrogens is 557 g/mol. The molecule has 0 radical (unpaired) electrons. The van der Waals surface area contributed by atoms with Gasteiger partial charge in [-0.1, -0.05) is 193 Å². The van der Waals surface area contributed by atoms with E-state index >= 15 is 0 Å². The Bertz CT molecular complexity index is 1910. The van der Waals surface area contributed by atoms with E-state index < -0.39 is 18.2 Å². The van der Waals surface area contributed by atoms with Crippen LogP contribution >= 0.6 is 0 Å². The molecular formula is C44H36Si. The summed E-state index contributed by atoms with van der Waals surface area (Å²) in [6, 6.07) is 63.8. The molecule has 0 spiro atoms. The van der Waals surface area contributed by atoms with E-state index in [2.05, 4.69) is 196 Å². The van der Waals surface area contributed by atoms with Gasteiger partial charge in [0.25, 0.3) is 0 Å². The Morgan fingerprint density at radius 1 is 0.356 bits per heavy atom. The number of hydrogen-bond donors (Lipinski definition) is 0. The van der Waals surface area contributed by atoms with E-state index in [-0.39, 0.29) is 0 Å². The third-order valence-corrected chi connectivity index (χ3v) is 17.0. The maximum absolute atomic E-state index is 3.03. The Morgan fingerprint density at radius 3 is 1.02 bits per heavy atom. The van der Waals surface area contributed by atoms with Gasteiger partial charge >= 0.3 is 0 Å². The lowest BCUT2D eigenvalue weighted by Gasteiger charge is -2.51. The fraction of sp³-hybridized carbons (Fsp3) is 0.0909. The van der Waals surface area contributed by atoms with Crippen LogP contribution in [-0.4, -0.2) is 8.07 Å². The second-order valence-electron chi connectivity index (χ2n) is 12.5. The van der Waals surface area contributed by atoms with Gasteiger partial charge in [-0.2, -0.15) is 0 Å². The average molecular weight is 593 g/mol. The highest BCUT2D eigenvalue weighted by Gasteiger charge is 2.77. The monoisotopic (exact) mass is 592 g/mol. The van der Waals surface area contributed by atoms with Gasteiger partial charge in [0.15, 0.2) is 8.07 Å². The largest absolute Gasteiger partial charge is 0.155 e. The molecule has 2 unspecified atom stereocenters. The topological polar surface area (TPSA) is 0 Å². The quantitative estimate of drug-likeness (QED) is 0.134. The highest BCUT2D eigenvalue weighted by atomic mass is 28.3. The number of benzene rings is 6. The van der Waals surface area contributed by atoms with Crippen molar-refractivity contribution >= 4 is 29.6 Å². The zero-order valence-corrected chi connectivity index (χ0v) is 26.8. The van der Waals surface area contributed by atoms with Crippen molar-refractivity contribution in [1.29, 1.82) is 0 Å². The van der Waals surface area contributed by atoms with Gasteiger partial charge in [0, 0.05) is 10.1 Å². The van der Waals surface area contributed by atoms with Crippen LogP contribution in [0.2, 0.25) is 0 Å². The molecule has 6 aromatic carbocycles. The van der Waals surface area contributed by atoms with Crippen LogP contribution in [0.15, 0.2) is 182 Å². The molecule has 0 saturated carbocycles. The van der Waals surface area contributed by atoms with Crippen molar-refractivity contribution in [3.8, 4) is 0 Å². The van der Waals surface area contributed by atoms with E-state index in [1.165, 1.54) is 54.9 Å². The molecule has 8 rings (SSSR count). The maximum Gasteiger partial charge on any atom is 0.155 e. The van der Waals surface area contributed by atoms with Crippen molar-refractivity contribution in [1.82, 2.24) is 0 Å². The smallest absolute Gasteiger partial charge is 0.0746 e. The van der Waals surface area contributed by atoms with E-state index in [1.54, 1.807) is 0 Å². The summed E-state index contributed by atoms with van der Waals surface area (Å²) >= 11 is 0. The number of rotatable bonds is 6. The molecule has 45 heavy (non-hydrogen) atoms. The van der Waals surface area contributed by atoms with Crippen LogP contribution in [0.1, 0.15) is 33.4 Å². The van der Waals surface area contributed by atoms with Crippen LogP contribution in [0.5, 0.6) is 0 Å². The Labute approximate surface area is 268 Å². The predicted octanol–water partition coefficient (Wildman–Crippen LogP) is 9.02. The highest BCUT2D eigenvalue weighted by Crippen LogP contribution is 2.70. The first-order valence-electron chi connectivity index (χ1n) is 16.0. The SMILES string of the molecule is Cc1ccccc1[Si]1(c2ccccc2C)C2(c3ccccc3)C=CC1(c1ccccc1)C(c1ccccc1)=C2c1ccccc1. The minimum Gasteiger partial charge on any atom is -0.0746 e. The Balaban J connectivity index is 1.71. The van der Waals surface area contributed by atoms with Crippen molar-refractivity contribution < 1.29 is 0 Å². The molecule has 0 amide bonds. The van der Waals surface area contributed by atoms with E-state index in [0.717, 1.165) is 0 Å². The van der Waals surface area contributed by atoms with Gasteiger partial charge in [-0.15, -0.1) is 0 Å². The second-order valence-corrected chi connectivity index (χ2v) is 16.7. The first-order valence-corrected chi connectivity index (χ1v) is 18.0. The molecule has 0 aromatic heterocycles. The van der Waals surface area contributed by atoms with Gasteiger partial charge in [-0.05, 0) is 57.6 Å². The predicted molar refractivity (Wildman–Crippen MR) is 192 cm³/mol. The number of allylic oxidation sites excluding steroid dienone is 4. The van der Waals surface area contributed by atoms with Crippen molar-refractivity contribution in [2.24, 2.45) is 0 Å². The molecule has 2 atom stereocenters. The zero-order chi connectivity index (χ0) is 30.5. The van der Waals surface area contributed by atoms with Gasteiger partial charge in [-0.25, -0.2) is 0 Å². The normalized spacial score (nSPS) is 21.3. The van der Waals surface area contributed by atoms with Crippen molar-refractivity contribution in [2.75, 3.05) is 0 Å². The molecule has 2 heterocycles. The van der Waals surface area contributed by atoms with Crippen LogP contribution in [0, 0.1) is 13.8 Å². The summed E-state index contributed by atoms with van der Waals surface area (Å²) in [6.45, 7) is 4.67. The summed E-state index contributed by atoms with van der Waals surface area (Å²) in [7, 11) is -3.03. The molecule has 1 heteroatoms. The first-order chi connectivity index (χ1) is 22.2. The van der Waals surface area contributed by atoms with Crippen LogP contribution in [0.3, 0.4) is 0 Å².